The third kappa shape index (κ3) is 4.95. The van der Waals surface area contributed by atoms with E-state index in [0.717, 1.165) is 37.2 Å². The lowest BCUT2D eigenvalue weighted by atomic mass is 9.97. The Hall–Kier alpha value is -2.29. The van der Waals surface area contributed by atoms with Gasteiger partial charge in [0.2, 0.25) is 0 Å². The minimum absolute atomic E-state index is 0.0356. The van der Waals surface area contributed by atoms with Gasteiger partial charge in [-0.1, -0.05) is 12.8 Å². The number of carbonyl (C=O) groups excluding carboxylic acids is 1. The van der Waals surface area contributed by atoms with Crippen molar-refractivity contribution in [3.05, 3.63) is 59.7 Å². The number of hydrogen-bond donors (Lipinski definition) is 0. The minimum atomic E-state index is 0.0356. The summed E-state index contributed by atoms with van der Waals surface area (Å²) in [5.41, 5.74) is 1.38. The SMILES string of the molecule is O=C(c1ccc(OC2CCCCC2)cc1)c1ccc(OC2CCCCC2)cc1. The van der Waals surface area contributed by atoms with Gasteiger partial charge in [0.05, 0.1) is 12.2 Å². The maximum atomic E-state index is 12.8. The van der Waals surface area contributed by atoms with Crippen LogP contribution in [-0.2, 0) is 0 Å². The Bertz CT molecular complexity index is 686. The molecule has 28 heavy (non-hydrogen) atoms. The van der Waals surface area contributed by atoms with Gasteiger partial charge in [-0.15, -0.1) is 0 Å². The molecule has 0 heterocycles. The van der Waals surface area contributed by atoms with E-state index in [-0.39, 0.29) is 5.78 Å². The van der Waals surface area contributed by atoms with E-state index in [9.17, 15) is 4.79 Å². The maximum absolute atomic E-state index is 12.8. The first-order valence-corrected chi connectivity index (χ1v) is 10.9. The fraction of sp³-hybridized carbons (Fsp3) is 0.480. The van der Waals surface area contributed by atoms with Crippen LogP contribution in [0.2, 0.25) is 0 Å². The predicted octanol–water partition coefficient (Wildman–Crippen LogP) is 6.34. The third-order valence-corrected chi connectivity index (χ3v) is 5.94. The van der Waals surface area contributed by atoms with E-state index in [4.69, 9.17) is 9.47 Å². The second-order valence-corrected chi connectivity index (χ2v) is 8.13. The molecule has 2 aromatic rings. The number of hydrogen-bond acceptors (Lipinski definition) is 3. The van der Waals surface area contributed by atoms with Crippen molar-refractivity contribution in [2.45, 2.75) is 76.4 Å². The van der Waals surface area contributed by atoms with E-state index in [0.29, 0.717) is 23.3 Å². The number of rotatable bonds is 6. The van der Waals surface area contributed by atoms with Crippen LogP contribution in [0.4, 0.5) is 0 Å². The first-order chi connectivity index (χ1) is 13.8. The van der Waals surface area contributed by atoms with Crippen LogP contribution in [0.25, 0.3) is 0 Å². The van der Waals surface area contributed by atoms with E-state index < -0.39 is 0 Å². The van der Waals surface area contributed by atoms with E-state index in [2.05, 4.69) is 0 Å². The third-order valence-electron chi connectivity index (χ3n) is 5.94. The van der Waals surface area contributed by atoms with Crippen LogP contribution < -0.4 is 9.47 Å². The van der Waals surface area contributed by atoms with Crippen LogP contribution in [0.5, 0.6) is 11.5 Å². The molecule has 0 saturated heterocycles. The van der Waals surface area contributed by atoms with E-state index in [1.165, 1.54) is 38.5 Å². The first kappa shape index (κ1) is 19.0. The molecule has 2 aromatic carbocycles. The molecule has 0 bridgehead atoms. The van der Waals surface area contributed by atoms with Crippen molar-refractivity contribution in [2.75, 3.05) is 0 Å². The molecule has 0 aliphatic heterocycles. The molecule has 0 radical (unpaired) electrons. The summed E-state index contributed by atoms with van der Waals surface area (Å²) in [6, 6.07) is 15.1. The van der Waals surface area contributed by atoms with Crippen molar-refractivity contribution < 1.29 is 14.3 Å². The van der Waals surface area contributed by atoms with Crippen molar-refractivity contribution in [3.8, 4) is 11.5 Å². The highest BCUT2D eigenvalue weighted by Gasteiger charge is 2.17. The van der Waals surface area contributed by atoms with E-state index >= 15 is 0 Å². The zero-order chi connectivity index (χ0) is 19.2. The summed E-state index contributed by atoms with van der Waals surface area (Å²) in [7, 11) is 0. The molecule has 4 rings (SSSR count). The molecule has 3 nitrogen and oxygen atoms in total. The fourth-order valence-corrected chi connectivity index (χ4v) is 4.29. The molecule has 0 unspecified atom stereocenters. The summed E-state index contributed by atoms with van der Waals surface area (Å²) in [6.45, 7) is 0. The molecule has 2 aliphatic carbocycles. The molecule has 3 heteroatoms. The fourth-order valence-electron chi connectivity index (χ4n) is 4.29. The van der Waals surface area contributed by atoms with Gasteiger partial charge in [0.1, 0.15) is 11.5 Å². The standard InChI is InChI=1S/C25H30O3/c26-25(19-11-15-23(16-12-19)27-21-7-3-1-4-8-21)20-13-17-24(18-14-20)28-22-9-5-2-6-10-22/h11-18,21-22H,1-10H2. The van der Waals surface area contributed by atoms with Crippen LogP contribution >= 0.6 is 0 Å². The molecule has 0 aromatic heterocycles. The second-order valence-electron chi connectivity index (χ2n) is 8.13. The van der Waals surface area contributed by atoms with Crippen molar-refractivity contribution in [3.63, 3.8) is 0 Å². The summed E-state index contributed by atoms with van der Waals surface area (Å²) in [5.74, 6) is 1.76. The quantitative estimate of drug-likeness (QED) is 0.550. The Morgan fingerprint density at radius 3 is 1.29 bits per heavy atom. The van der Waals surface area contributed by atoms with Gasteiger partial charge in [-0.05, 0) is 99.9 Å². The molecule has 2 fully saturated rings. The lowest BCUT2D eigenvalue weighted by Crippen LogP contribution is -2.19. The van der Waals surface area contributed by atoms with Gasteiger partial charge in [-0.25, -0.2) is 0 Å². The van der Waals surface area contributed by atoms with Gasteiger partial charge in [-0.3, -0.25) is 4.79 Å². The maximum Gasteiger partial charge on any atom is 0.193 e. The summed E-state index contributed by atoms with van der Waals surface area (Å²) in [5, 5.41) is 0. The second kappa shape index (κ2) is 9.27. The van der Waals surface area contributed by atoms with Crippen molar-refractivity contribution in [1.82, 2.24) is 0 Å². The summed E-state index contributed by atoms with van der Waals surface area (Å²) in [4.78, 5) is 12.8. The van der Waals surface area contributed by atoms with Crippen LogP contribution in [0.3, 0.4) is 0 Å². The van der Waals surface area contributed by atoms with Crippen LogP contribution in [0.15, 0.2) is 48.5 Å². The highest BCUT2D eigenvalue weighted by Crippen LogP contribution is 2.26. The Morgan fingerprint density at radius 2 is 0.929 bits per heavy atom. The molecule has 2 aliphatic rings. The van der Waals surface area contributed by atoms with E-state index in [1.807, 2.05) is 48.5 Å². The summed E-state index contributed by atoms with van der Waals surface area (Å²) >= 11 is 0. The summed E-state index contributed by atoms with van der Waals surface area (Å²) < 4.78 is 12.1. The monoisotopic (exact) mass is 378 g/mol. The minimum Gasteiger partial charge on any atom is -0.490 e. The molecule has 0 spiro atoms. The number of benzene rings is 2. The molecule has 0 N–H and O–H groups in total. The molecular formula is C25H30O3. The Kier molecular flexibility index (Phi) is 6.31. The number of ether oxygens (including phenoxy) is 2. The lowest BCUT2D eigenvalue weighted by molar-refractivity contribution is 0.103. The molecule has 0 amide bonds. The van der Waals surface area contributed by atoms with Crippen molar-refractivity contribution in [1.29, 1.82) is 0 Å². The number of ketones is 1. The Labute approximate surface area is 168 Å². The van der Waals surface area contributed by atoms with Crippen LogP contribution in [0, 0.1) is 0 Å². The van der Waals surface area contributed by atoms with Gasteiger partial charge < -0.3 is 9.47 Å². The Morgan fingerprint density at radius 1 is 0.571 bits per heavy atom. The summed E-state index contributed by atoms with van der Waals surface area (Å²) in [6.07, 6.45) is 12.8. The highest BCUT2D eigenvalue weighted by molar-refractivity contribution is 6.09. The largest absolute Gasteiger partial charge is 0.490 e. The normalized spacial score (nSPS) is 18.6. The lowest BCUT2D eigenvalue weighted by Gasteiger charge is -2.23. The van der Waals surface area contributed by atoms with Crippen molar-refractivity contribution >= 4 is 5.78 Å². The van der Waals surface area contributed by atoms with Gasteiger partial charge >= 0.3 is 0 Å². The number of carbonyl (C=O) groups is 1. The molecular weight excluding hydrogens is 348 g/mol. The van der Waals surface area contributed by atoms with E-state index in [1.54, 1.807) is 0 Å². The molecule has 2 saturated carbocycles. The smallest absolute Gasteiger partial charge is 0.193 e. The molecule has 148 valence electrons. The average Bonchev–Trinajstić information content (AvgIpc) is 2.76. The van der Waals surface area contributed by atoms with Gasteiger partial charge in [0, 0.05) is 11.1 Å². The zero-order valence-corrected chi connectivity index (χ0v) is 16.6. The van der Waals surface area contributed by atoms with Crippen LogP contribution in [-0.4, -0.2) is 18.0 Å². The van der Waals surface area contributed by atoms with Gasteiger partial charge in [0.15, 0.2) is 5.78 Å². The highest BCUT2D eigenvalue weighted by atomic mass is 16.5. The van der Waals surface area contributed by atoms with Crippen LogP contribution in [0.1, 0.15) is 80.1 Å². The Balaban J connectivity index is 1.35. The van der Waals surface area contributed by atoms with Gasteiger partial charge in [-0.2, -0.15) is 0 Å². The zero-order valence-electron chi connectivity index (χ0n) is 16.6. The molecule has 0 atom stereocenters. The first-order valence-electron chi connectivity index (χ1n) is 10.9. The average molecular weight is 379 g/mol. The topological polar surface area (TPSA) is 35.5 Å². The predicted molar refractivity (Wildman–Crippen MR) is 111 cm³/mol. The van der Waals surface area contributed by atoms with Crippen molar-refractivity contribution in [2.24, 2.45) is 0 Å². The van der Waals surface area contributed by atoms with Gasteiger partial charge in [0.25, 0.3) is 0 Å².